The van der Waals surface area contributed by atoms with E-state index in [9.17, 15) is 0 Å². The van der Waals surface area contributed by atoms with Crippen molar-refractivity contribution in [2.45, 2.75) is 48.5 Å². The van der Waals surface area contributed by atoms with E-state index in [-0.39, 0.29) is 19.8 Å². The Hall–Kier alpha value is -4.47. The minimum absolute atomic E-state index is 0. The van der Waals surface area contributed by atoms with Crippen molar-refractivity contribution in [3.8, 4) is 22.9 Å². The van der Waals surface area contributed by atoms with Crippen molar-refractivity contribution in [1.29, 1.82) is 0 Å². The molecule has 0 bridgehead atoms. The van der Waals surface area contributed by atoms with Crippen molar-refractivity contribution < 1.29 is 19.8 Å². The maximum Gasteiger partial charge on any atom is 1.00 e. The summed E-state index contributed by atoms with van der Waals surface area (Å²) in [6, 6.07) is 24.3. The zero-order valence-corrected chi connectivity index (χ0v) is 28.2. The first-order valence-electron chi connectivity index (χ1n) is 13.7. The molecular weight excluding hydrogens is 711 g/mol. The van der Waals surface area contributed by atoms with E-state index < -0.39 is 0 Å². The van der Waals surface area contributed by atoms with E-state index in [0.717, 1.165) is 51.4 Å². The summed E-state index contributed by atoms with van der Waals surface area (Å²) < 4.78 is 3.76. The average Bonchev–Trinajstić information content (AvgIpc) is 3.42. The Morgan fingerprint density at radius 1 is 0.628 bits per heavy atom. The molecule has 6 aromatic rings. The number of rotatable bonds is 3. The van der Waals surface area contributed by atoms with Gasteiger partial charge in [0.05, 0.1) is 11.4 Å². The van der Waals surface area contributed by atoms with Crippen molar-refractivity contribution in [2.24, 2.45) is 0 Å². The summed E-state index contributed by atoms with van der Waals surface area (Å²) >= 11 is 0. The number of nitrogens with two attached hydrogens (primary N) is 1. The molecule has 5 heterocycles. The molecule has 0 aliphatic rings. The Morgan fingerprint density at radius 3 is 1.56 bits per heavy atom. The molecule has 8 nitrogen and oxygen atoms in total. The van der Waals surface area contributed by atoms with Crippen LogP contribution in [0.5, 0.6) is 0 Å². The molecule has 2 N–H and O–H groups in total. The molecule has 221 valence electrons. The van der Waals surface area contributed by atoms with E-state index in [1.807, 2.05) is 96.9 Å². The molecule has 1 radical (unpaired) electrons. The van der Waals surface area contributed by atoms with Gasteiger partial charge >= 0.3 is 19.8 Å². The first-order chi connectivity index (χ1) is 20.2. The topological polar surface area (TPSA) is 100 Å². The predicted molar refractivity (Wildman–Crippen MR) is 169 cm³/mol. The molecule has 0 unspecified atom stereocenters. The third-order valence-electron chi connectivity index (χ3n) is 7.06. The van der Waals surface area contributed by atoms with Crippen molar-refractivity contribution in [3.05, 3.63) is 131 Å². The van der Waals surface area contributed by atoms with Crippen LogP contribution in [-0.2, 0) is 19.8 Å². The van der Waals surface area contributed by atoms with Gasteiger partial charge in [-0.3, -0.25) is 0 Å². The maximum absolute atomic E-state index is 5.69. The largest absolute Gasteiger partial charge is 1.00 e. The van der Waals surface area contributed by atoms with Crippen LogP contribution in [0.4, 0.5) is 5.69 Å². The van der Waals surface area contributed by atoms with Gasteiger partial charge in [-0.15, -0.1) is 29.8 Å². The van der Waals surface area contributed by atoms with Gasteiger partial charge in [-0.1, -0.05) is 29.4 Å². The van der Waals surface area contributed by atoms with Gasteiger partial charge in [-0.25, -0.2) is 19.3 Å². The number of nitrogens with zero attached hydrogens (tertiary/aromatic N) is 7. The fourth-order valence-corrected chi connectivity index (χ4v) is 4.16. The molecule has 0 saturated carbocycles. The van der Waals surface area contributed by atoms with E-state index >= 15 is 0 Å². The van der Waals surface area contributed by atoms with Crippen molar-refractivity contribution in [2.75, 3.05) is 5.73 Å². The van der Waals surface area contributed by atoms with Gasteiger partial charge in [0.15, 0.2) is 11.6 Å². The van der Waals surface area contributed by atoms with Gasteiger partial charge in [0.1, 0.15) is 0 Å². The monoisotopic (exact) mass is 749 g/mol. The Labute approximate surface area is 267 Å². The van der Waals surface area contributed by atoms with Crippen molar-refractivity contribution in [1.82, 2.24) is 34.5 Å². The van der Waals surface area contributed by atoms with Crippen molar-refractivity contribution >= 4 is 5.69 Å². The molecular formula is C34H37N8Os. The van der Waals surface area contributed by atoms with Crippen molar-refractivity contribution in [3.63, 3.8) is 0 Å². The van der Waals surface area contributed by atoms with Gasteiger partial charge in [0, 0.05) is 30.0 Å². The van der Waals surface area contributed by atoms with E-state index in [1.165, 1.54) is 16.7 Å². The van der Waals surface area contributed by atoms with Gasteiger partial charge in [0.25, 0.3) is 0 Å². The smallest absolute Gasteiger partial charge is 0.414 e. The molecule has 0 aliphatic heterocycles. The van der Waals surface area contributed by atoms with Crippen LogP contribution in [0, 0.1) is 54.5 Å². The molecule has 43 heavy (non-hydrogen) atoms. The number of hydrogen-bond donors (Lipinski definition) is 1. The molecule has 1 aromatic carbocycles. The Balaban J connectivity index is 0.000000175. The number of aromatic nitrogens is 7. The van der Waals surface area contributed by atoms with E-state index in [1.54, 1.807) is 18.6 Å². The Morgan fingerprint density at radius 2 is 1.16 bits per heavy atom. The van der Waals surface area contributed by atoms with Gasteiger partial charge < -0.3 is 10.7 Å². The number of nitrogen functional groups attached to an aromatic ring is 1. The summed E-state index contributed by atoms with van der Waals surface area (Å²) in [5.74, 6) is 1.75. The second-order valence-electron chi connectivity index (χ2n) is 10.0. The molecule has 0 atom stereocenters. The summed E-state index contributed by atoms with van der Waals surface area (Å²) in [6.45, 7) is 14.4. The first kappa shape index (κ1) is 33.0. The number of aryl methyl sites for hydroxylation is 3. The predicted octanol–water partition coefficient (Wildman–Crippen LogP) is 6.82. The Bertz CT molecular complexity index is 1630. The minimum atomic E-state index is 0. The summed E-state index contributed by atoms with van der Waals surface area (Å²) in [6.07, 6.45) is 5.35. The molecule has 9 heteroatoms. The number of hydrogen-bond acceptors (Lipinski definition) is 6. The number of anilines is 1. The van der Waals surface area contributed by atoms with Crippen LogP contribution >= 0.6 is 0 Å². The quantitative estimate of drug-likeness (QED) is 0.158. The number of benzene rings is 1. The minimum Gasteiger partial charge on any atom is -0.414 e. The second-order valence-corrected chi connectivity index (χ2v) is 10.0. The van der Waals surface area contributed by atoms with Crippen LogP contribution in [0.25, 0.3) is 22.9 Å². The fourth-order valence-electron chi connectivity index (χ4n) is 4.16. The fraction of sp³-hybridized carbons (Fsp3) is 0.206. The molecule has 6 rings (SSSR count). The molecule has 0 amide bonds. The van der Waals surface area contributed by atoms with Crippen LogP contribution in [0.15, 0.2) is 85.3 Å². The third kappa shape index (κ3) is 8.30. The zero-order chi connectivity index (χ0) is 30.2. The normalized spacial score (nSPS) is 10.1. The van der Waals surface area contributed by atoms with E-state index in [4.69, 9.17) is 5.73 Å². The average molecular weight is 748 g/mol. The van der Waals surface area contributed by atoms with E-state index in [0.29, 0.717) is 0 Å². The molecule has 0 saturated heterocycles. The zero-order valence-electron chi connectivity index (χ0n) is 25.6. The molecule has 5 aromatic heterocycles. The molecule has 0 aliphatic carbocycles. The molecule has 0 spiro atoms. The third-order valence-corrected chi connectivity index (χ3v) is 7.06. The standard InChI is InChI=1S/C12H11N2.2C11H13N3.Os/c1-9-5-6-14-12(7-9)10-3-2-4-11(13)8-10;2*1-8-9(2)13-14(10(8)3)11-6-4-5-7-12-11;/h2,4-8H,13H2,1H3;2*4-7H,1-3H3;/q-1;;;+1. The SMILES string of the molecule is Cc1ccnc(-c2[c-]ccc(N)c2)c1.Cc1nn(-c2ccccn2)c(C)c1C.Cc1nn(-c2ccccn2)c(C)c1C.[Os+]. The van der Waals surface area contributed by atoms with Gasteiger partial charge in [-0.2, -0.15) is 10.2 Å². The first-order valence-corrected chi connectivity index (χ1v) is 13.7. The number of pyridine rings is 3. The van der Waals surface area contributed by atoms with Gasteiger partial charge in [0.2, 0.25) is 0 Å². The van der Waals surface area contributed by atoms with Crippen LogP contribution in [0.2, 0.25) is 0 Å². The van der Waals surface area contributed by atoms with Crippen LogP contribution in [0.3, 0.4) is 0 Å². The maximum atomic E-state index is 5.69. The van der Waals surface area contributed by atoms with E-state index in [2.05, 4.69) is 58.9 Å². The summed E-state index contributed by atoms with van der Waals surface area (Å²) in [7, 11) is 0. The van der Waals surface area contributed by atoms with Crippen LogP contribution < -0.4 is 5.73 Å². The summed E-state index contributed by atoms with van der Waals surface area (Å²) in [5, 5.41) is 8.87. The van der Waals surface area contributed by atoms with Crippen LogP contribution in [0.1, 0.15) is 39.5 Å². The Kier molecular flexibility index (Phi) is 11.6. The van der Waals surface area contributed by atoms with Crippen LogP contribution in [-0.4, -0.2) is 34.5 Å². The van der Waals surface area contributed by atoms with Gasteiger partial charge in [-0.05, 0) is 95.6 Å². The summed E-state index contributed by atoms with van der Waals surface area (Å²) in [5.41, 5.74) is 16.4. The second kappa shape index (κ2) is 15.1. The summed E-state index contributed by atoms with van der Waals surface area (Å²) in [4.78, 5) is 12.8. The molecule has 0 fully saturated rings.